The summed E-state index contributed by atoms with van der Waals surface area (Å²) >= 11 is 0. The molecule has 13 heavy (non-hydrogen) atoms. The Balaban J connectivity index is 1.89. The number of nitrogens with two attached hydrogens (primary N) is 1. The van der Waals surface area contributed by atoms with Gasteiger partial charge in [-0.3, -0.25) is 5.73 Å². The van der Waals surface area contributed by atoms with Gasteiger partial charge in [0.05, 0.1) is 6.10 Å². The third-order valence-electron chi connectivity index (χ3n) is 2.59. The van der Waals surface area contributed by atoms with Crippen molar-refractivity contribution in [1.82, 2.24) is 0 Å². The quantitative estimate of drug-likeness (QED) is 0.630. The normalized spacial score (nSPS) is 37.5. The van der Waals surface area contributed by atoms with Crippen LogP contribution >= 0.6 is 0 Å². The molecule has 0 amide bonds. The van der Waals surface area contributed by atoms with E-state index in [9.17, 15) is 0 Å². The van der Waals surface area contributed by atoms with Gasteiger partial charge in [-0.1, -0.05) is 0 Å². The molecule has 1 aliphatic heterocycles. The molecule has 0 bridgehead atoms. The molecule has 2 atom stereocenters. The fraction of sp³-hybridized carbons (Fsp3) is 0.778. The van der Waals surface area contributed by atoms with E-state index in [1.165, 1.54) is 6.42 Å². The zero-order chi connectivity index (χ0) is 9.26. The Morgan fingerprint density at radius 1 is 1.54 bits per heavy atom. The molecule has 0 aromatic rings. The summed E-state index contributed by atoms with van der Waals surface area (Å²) < 4.78 is 10.8. The number of ether oxygens (including phenoxy) is 2. The van der Waals surface area contributed by atoms with E-state index < -0.39 is 0 Å². The largest absolute Gasteiger partial charge is 0.512 e. The van der Waals surface area contributed by atoms with E-state index >= 15 is 0 Å². The zero-order valence-corrected chi connectivity index (χ0v) is 7.48. The highest BCUT2D eigenvalue weighted by Crippen LogP contribution is 2.30. The molecule has 74 valence electrons. The van der Waals surface area contributed by atoms with Crippen LogP contribution in [0.4, 0.5) is 0 Å². The van der Waals surface area contributed by atoms with E-state index in [0.717, 1.165) is 19.1 Å². The van der Waals surface area contributed by atoms with Crippen LogP contribution in [-0.2, 0) is 9.47 Å². The molecule has 2 rings (SSSR count). The van der Waals surface area contributed by atoms with Gasteiger partial charge in [0.1, 0.15) is 12.4 Å². The molecule has 0 aromatic heterocycles. The molecule has 2 unspecified atom stereocenters. The van der Waals surface area contributed by atoms with Crippen molar-refractivity contribution in [2.24, 2.45) is 5.73 Å². The minimum Gasteiger partial charge on any atom is -0.512 e. The first-order chi connectivity index (χ1) is 6.29. The zero-order valence-electron chi connectivity index (χ0n) is 7.48. The minimum absolute atomic E-state index is 0.134. The van der Waals surface area contributed by atoms with Gasteiger partial charge in [0.2, 0.25) is 0 Å². The first-order valence-corrected chi connectivity index (χ1v) is 4.71. The van der Waals surface area contributed by atoms with Crippen molar-refractivity contribution in [3.8, 4) is 0 Å². The second-order valence-electron chi connectivity index (χ2n) is 3.60. The fourth-order valence-electron chi connectivity index (χ4n) is 1.60. The maximum absolute atomic E-state index is 8.84. The predicted octanol–water partition coefficient (Wildman–Crippen LogP) is 1.03. The van der Waals surface area contributed by atoms with Crippen LogP contribution in [0.25, 0.3) is 0 Å². The number of aliphatic hydroxyl groups excluding tert-OH is 1. The van der Waals surface area contributed by atoms with Crippen molar-refractivity contribution in [3.63, 3.8) is 0 Å². The standard InChI is InChI=1S/C9H15NO3/c10-9-4-7(8(5-11)13-9)12-6-2-1-3-6/h5-7,9,11H,1-4,10H2/b8-5+. The van der Waals surface area contributed by atoms with Gasteiger partial charge in [0, 0.05) is 6.42 Å². The molecule has 2 fully saturated rings. The predicted molar refractivity (Wildman–Crippen MR) is 46.9 cm³/mol. The highest BCUT2D eigenvalue weighted by molar-refractivity contribution is 5.03. The Labute approximate surface area is 77.3 Å². The van der Waals surface area contributed by atoms with Crippen molar-refractivity contribution >= 4 is 0 Å². The Morgan fingerprint density at radius 3 is 2.85 bits per heavy atom. The van der Waals surface area contributed by atoms with Crippen LogP contribution in [-0.4, -0.2) is 23.5 Å². The van der Waals surface area contributed by atoms with Crippen molar-refractivity contribution < 1.29 is 14.6 Å². The molecular weight excluding hydrogens is 170 g/mol. The highest BCUT2D eigenvalue weighted by atomic mass is 16.6. The first-order valence-electron chi connectivity index (χ1n) is 4.71. The molecule has 2 aliphatic rings. The second kappa shape index (κ2) is 3.55. The summed E-state index contributed by atoms with van der Waals surface area (Å²) in [6, 6.07) is 0. The van der Waals surface area contributed by atoms with Crippen LogP contribution in [0.1, 0.15) is 25.7 Å². The fourth-order valence-corrected chi connectivity index (χ4v) is 1.60. The van der Waals surface area contributed by atoms with Crippen LogP contribution in [0, 0.1) is 0 Å². The summed E-state index contributed by atoms with van der Waals surface area (Å²) in [5.74, 6) is 0.472. The van der Waals surface area contributed by atoms with E-state index in [0.29, 0.717) is 18.3 Å². The Hall–Kier alpha value is -0.740. The molecule has 0 radical (unpaired) electrons. The van der Waals surface area contributed by atoms with Gasteiger partial charge in [-0.05, 0) is 19.3 Å². The maximum Gasteiger partial charge on any atom is 0.161 e. The molecule has 1 saturated heterocycles. The van der Waals surface area contributed by atoms with E-state index in [4.69, 9.17) is 20.3 Å². The summed E-state index contributed by atoms with van der Waals surface area (Å²) in [7, 11) is 0. The van der Waals surface area contributed by atoms with E-state index in [-0.39, 0.29) is 12.3 Å². The molecule has 1 saturated carbocycles. The van der Waals surface area contributed by atoms with Crippen molar-refractivity contribution in [3.05, 3.63) is 12.0 Å². The van der Waals surface area contributed by atoms with Gasteiger partial charge in [0.15, 0.2) is 12.0 Å². The molecule has 0 spiro atoms. The van der Waals surface area contributed by atoms with E-state index in [1.807, 2.05) is 0 Å². The third kappa shape index (κ3) is 1.78. The first kappa shape index (κ1) is 8.84. The Morgan fingerprint density at radius 2 is 2.31 bits per heavy atom. The monoisotopic (exact) mass is 185 g/mol. The van der Waals surface area contributed by atoms with E-state index in [1.54, 1.807) is 0 Å². The van der Waals surface area contributed by atoms with Gasteiger partial charge in [-0.25, -0.2) is 0 Å². The lowest BCUT2D eigenvalue weighted by Gasteiger charge is -2.28. The topological polar surface area (TPSA) is 64.7 Å². The van der Waals surface area contributed by atoms with Gasteiger partial charge >= 0.3 is 0 Å². The van der Waals surface area contributed by atoms with E-state index in [2.05, 4.69) is 0 Å². The summed E-state index contributed by atoms with van der Waals surface area (Å²) in [5.41, 5.74) is 5.57. The molecule has 1 aliphatic carbocycles. The molecule has 3 N–H and O–H groups in total. The van der Waals surface area contributed by atoms with Crippen molar-refractivity contribution in [1.29, 1.82) is 0 Å². The molecule has 0 aromatic carbocycles. The second-order valence-corrected chi connectivity index (χ2v) is 3.60. The highest BCUT2D eigenvalue weighted by Gasteiger charge is 2.33. The number of hydrogen-bond donors (Lipinski definition) is 2. The van der Waals surface area contributed by atoms with Crippen LogP contribution < -0.4 is 5.73 Å². The SMILES string of the molecule is NC1CC(OC2CCC2)/C(=C\O)O1. The van der Waals surface area contributed by atoms with Gasteiger partial charge in [0.25, 0.3) is 0 Å². The van der Waals surface area contributed by atoms with Crippen LogP contribution in [0.5, 0.6) is 0 Å². The summed E-state index contributed by atoms with van der Waals surface area (Å²) in [6.07, 6.45) is 4.94. The molecule has 1 heterocycles. The lowest BCUT2D eigenvalue weighted by molar-refractivity contribution is -0.0367. The summed E-state index contributed by atoms with van der Waals surface area (Å²) in [5, 5.41) is 8.84. The number of aliphatic hydroxyl groups is 1. The van der Waals surface area contributed by atoms with Crippen LogP contribution in [0.3, 0.4) is 0 Å². The minimum atomic E-state index is -0.330. The van der Waals surface area contributed by atoms with Gasteiger partial charge in [-0.2, -0.15) is 0 Å². The van der Waals surface area contributed by atoms with Crippen molar-refractivity contribution in [2.45, 2.75) is 44.1 Å². The molecular formula is C9H15NO3. The number of rotatable bonds is 2. The Bertz CT molecular complexity index is 213. The molecule has 4 nitrogen and oxygen atoms in total. The lowest BCUT2D eigenvalue weighted by Crippen LogP contribution is -2.28. The van der Waals surface area contributed by atoms with Crippen molar-refractivity contribution in [2.75, 3.05) is 0 Å². The average molecular weight is 185 g/mol. The summed E-state index contributed by atoms with van der Waals surface area (Å²) in [6.45, 7) is 0. The average Bonchev–Trinajstić information content (AvgIpc) is 2.38. The molecule has 4 heteroatoms. The third-order valence-corrected chi connectivity index (χ3v) is 2.59. The lowest BCUT2D eigenvalue weighted by atomic mass is 9.96. The maximum atomic E-state index is 8.84. The van der Waals surface area contributed by atoms with Crippen LogP contribution in [0.15, 0.2) is 12.0 Å². The smallest absolute Gasteiger partial charge is 0.161 e. The van der Waals surface area contributed by atoms with Gasteiger partial charge < -0.3 is 14.6 Å². The Kier molecular flexibility index (Phi) is 2.42. The van der Waals surface area contributed by atoms with Gasteiger partial charge in [-0.15, -0.1) is 0 Å². The van der Waals surface area contributed by atoms with Crippen LogP contribution in [0.2, 0.25) is 0 Å². The summed E-state index contributed by atoms with van der Waals surface area (Å²) in [4.78, 5) is 0. The number of hydrogen-bond acceptors (Lipinski definition) is 4.